The first-order valence-corrected chi connectivity index (χ1v) is 7.14. The van der Waals surface area contributed by atoms with Gasteiger partial charge < -0.3 is 10.2 Å². The summed E-state index contributed by atoms with van der Waals surface area (Å²) in [5, 5.41) is 3.33. The summed E-state index contributed by atoms with van der Waals surface area (Å²) in [6.45, 7) is 11.3. The van der Waals surface area contributed by atoms with Crippen molar-refractivity contribution in [2.75, 3.05) is 49.5 Å². The normalized spacial score (nSPS) is 16.9. The molecule has 1 heterocycles. The summed E-state index contributed by atoms with van der Waals surface area (Å²) < 4.78 is 0. The highest BCUT2D eigenvalue weighted by atomic mass is 15.3. The molecule has 1 aliphatic rings. The number of benzene rings is 1. The number of anilines is 2. The van der Waals surface area contributed by atoms with Crippen molar-refractivity contribution in [1.82, 2.24) is 4.90 Å². The van der Waals surface area contributed by atoms with E-state index < -0.39 is 0 Å². The summed E-state index contributed by atoms with van der Waals surface area (Å²) in [5.41, 5.74) is 2.57. The Morgan fingerprint density at radius 3 is 2.22 bits per heavy atom. The third-order valence-corrected chi connectivity index (χ3v) is 3.53. The Bertz CT molecular complexity index is 339. The van der Waals surface area contributed by atoms with Gasteiger partial charge in [-0.05, 0) is 44.2 Å². The van der Waals surface area contributed by atoms with Crippen LogP contribution in [0.5, 0.6) is 0 Å². The summed E-state index contributed by atoms with van der Waals surface area (Å²) in [6, 6.07) is 8.81. The second kappa shape index (κ2) is 6.64. The monoisotopic (exact) mass is 247 g/mol. The lowest BCUT2D eigenvalue weighted by molar-refractivity contribution is 0.258. The minimum atomic E-state index is 0.981. The highest BCUT2D eigenvalue weighted by Gasteiger charge is 2.15. The van der Waals surface area contributed by atoms with Gasteiger partial charge in [0.2, 0.25) is 0 Å². The average molecular weight is 247 g/mol. The van der Waals surface area contributed by atoms with Crippen molar-refractivity contribution in [3.63, 3.8) is 0 Å². The Morgan fingerprint density at radius 1 is 1.00 bits per heavy atom. The molecule has 0 unspecified atom stereocenters. The van der Waals surface area contributed by atoms with Gasteiger partial charge in [-0.1, -0.05) is 6.92 Å². The molecule has 3 heteroatoms. The van der Waals surface area contributed by atoms with Crippen LogP contribution in [0.15, 0.2) is 24.3 Å². The molecule has 1 saturated heterocycles. The average Bonchev–Trinajstić information content (AvgIpc) is 2.41. The SMILES string of the molecule is CCCN1CCN(c2ccc(NCC)cc2)CC1. The van der Waals surface area contributed by atoms with Gasteiger partial charge in [0.25, 0.3) is 0 Å². The maximum atomic E-state index is 3.33. The number of nitrogens with zero attached hydrogens (tertiary/aromatic N) is 2. The standard InChI is InChI=1S/C15H25N3/c1-3-9-17-10-12-18(13-11-17)15-7-5-14(6-8-15)16-4-2/h5-8,16H,3-4,9-13H2,1-2H3. The van der Waals surface area contributed by atoms with E-state index in [4.69, 9.17) is 0 Å². The van der Waals surface area contributed by atoms with Gasteiger partial charge >= 0.3 is 0 Å². The summed E-state index contributed by atoms with van der Waals surface area (Å²) in [5.74, 6) is 0. The van der Waals surface area contributed by atoms with E-state index in [1.54, 1.807) is 0 Å². The molecule has 1 N–H and O–H groups in total. The quantitative estimate of drug-likeness (QED) is 0.863. The van der Waals surface area contributed by atoms with E-state index in [0.29, 0.717) is 0 Å². The third-order valence-electron chi connectivity index (χ3n) is 3.53. The van der Waals surface area contributed by atoms with Crippen molar-refractivity contribution >= 4 is 11.4 Å². The van der Waals surface area contributed by atoms with Crippen molar-refractivity contribution in [2.45, 2.75) is 20.3 Å². The molecule has 1 aliphatic heterocycles. The summed E-state index contributed by atoms with van der Waals surface area (Å²) in [4.78, 5) is 5.05. The van der Waals surface area contributed by atoms with Crippen LogP contribution in [0.2, 0.25) is 0 Å². The van der Waals surface area contributed by atoms with Gasteiger partial charge in [-0.3, -0.25) is 4.90 Å². The fraction of sp³-hybridized carbons (Fsp3) is 0.600. The zero-order valence-corrected chi connectivity index (χ0v) is 11.7. The van der Waals surface area contributed by atoms with E-state index in [-0.39, 0.29) is 0 Å². The molecule has 1 fully saturated rings. The lowest BCUT2D eigenvalue weighted by Crippen LogP contribution is -2.46. The van der Waals surface area contributed by atoms with Crippen LogP contribution in [0.1, 0.15) is 20.3 Å². The number of piperazine rings is 1. The molecule has 0 amide bonds. The molecular weight excluding hydrogens is 222 g/mol. The molecule has 100 valence electrons. The lowest BCUT2D eigenvalue weighted by Gasteiger charge is -2.36. The van der Waals surface area contributed by atoms with Crippen molar-refractivity contribution in [3.05, 3.63) is 24.3 Å². The van der Waals surface area contributed by atoms with E-state index in [9.17, 15) is 0 Å². The van der Waals surface area contributed by atoms with Crippen molar-refractivity contribution in [1.29, 1.82) is 0 Å². The second-order valence-electron chi connectivity index (χ2n) is 4.91. The minimum absolute atomic E-state index is 0.981. The van der Waals surface area contributed by atoms with Gasteiger partial charge in [-0.15, -0.1) is 0 Å². The third kappa shape index (κ3) is 3.39. The summed E-state index contributed by atoms with van der Waals surface area (Å²) >= 11 is 0. The zero-order chi connectivity index (χ0) is 12.8. The highest BCUT2D eigenvalue weighted by Crippen LogP contribution is 2.19. The van der Waals surface area contributed by atoms with Gasteiger partial charge in [0.1, 0.15) is 0 Å². The van der Waals surface area contributed by atoms with Crippen LogP contribution in [0.3, 0.4) is 0 Å². The molecule has 0 saturated carbocycles. The van der Waals surface area contributed by atoms with Crippen LogP contribution in [-0.4, -0.2) is 44.2 Å². The van der Waals surface area contributed by atoms with Gasteiger partial charge in [-0.25, -0.2) is 0 Å². The molecule has 0 radical (unpaired) electrons. The Morgan fingerprint density at radius 2 is 1.67 bits per heavy atom. The molecule has 18 heavy (non-hydrogen) atoms. The fourth-order valence-corrected chi connectivity index (χ4v) is 2.54. The van der Waals surface area contributed by atoms with Crippen LogP contribution in [-0.2, 0) is 0 Å². The van der Waals surface area contributed by atoms with Gasteiger partial charge in [0.15, 0.2) is 0 Å². The maximum absolute atomic E-state index is 3.33. The van der Waals surface area contributed by atoms with E-state index in [1.165, 1.54) is 37.4 Å². The molecule has 0 spiro atoms. The van der Waals surface area contributed by atoms with E-state index in [1.807, 2.05) is 0 Å². The molecule has 0 aromatic heterocycles. The summed E-state index contributed by atoms with van der Waals surface area (Å²) in [6.07, 6.45) is 1.26. The second-order valence-corrected chi connectivity index (χ2v) is 4.91. The molecule has 3 nitrogen and oxygen atoms in total. The van der Waals surface area contributed by atoms with Crippen molar-refractivity contribution in [2.24, 2.45) is 0 Å². The Balaban J connectivity index is 1.89. The molecule has 0 aliphatic carbocycles. The molecule has 0 bridgehead atoms. The van der Waals surface area contributed by atoms with Gasteiger partial charge in [0, 0.05) is 44.1 Å². The van der Waals surface area contributed by atoms with Crippen LogP contribution >= 0.6 is 0 Å². The first kappa shape index (κ1) is 13.2. The fourth-order valence-electron chi connectivity index (χ4n) is 2.54. The van der Waals surface area contributed by atoms with E-state index in [0.717, 1.165) is 19.6 Å². The number of rotatable bonds is 5. The minimum Gasteiger partial charge on any atom is -0.385 e. The van der Waals surface area contributed by atoms with Crippen LogP contribution < -0.4 is 10.2 Å². The van der Waals surface area contributed by atoms with Crippen molar-refractivity contribution in [3.8, 4) is 0 Å². The molecule has 1 aromatic rings. The molecule has 2 rings (SSSR count). The largest absolute Gasteiger partial charge is 0.385 e. The zero-order valence-electron chi connectivity index (χ0n) is 11.7. The van der Waals surface area contributed by atoms with E-state index in [2.05, 4.69) is 53.2 Å². The van der Waals surface area contributed by atoms with Crippen LogP contribution in [0.25, 0.3) is 0 Å². The van der Waals surface area contributed by atoms with E-state index >= 15 is 0 Å². The number of nitrogens with one attached hydrogen (secondary N) is 1. The molecule has 1 aromatic carbocycles. The maximum Gasteiger partial charge on any atom is 0.0368 e. The van der Waals surface area contributed by atoms with Crippen LogP contribution in [0, 0.1) is 0 Å². The smallest absolute Gasteiger partial charge is 0.0368 e. The van der Waals surface area contributed by atoms with Crippen LogP contribution in [0.4, 0.5) is 11.4 Å². The first-order valence-electron chi connectivity index (χ1n) is 7.14. The predicted octanol–water partition coefficient (Wildman–Crippen LogP) is 2.65. The molecule has 0 atom stereocenters. The van der Waals surface area contributed by atoms with Crippen molar-refractivity contribution < 1.29 is 0 Å². The van der Waals surface area contributed by atoms with Gasteiger partial charge in [-0.2, -0.15) is 0 Å². The molecular formula is C15H25N3. The Hall–Kier alpha value is -1.22. The topological polar surface area (TPSA) is 18.5 Å². The number of hydrogen-bond acceptors (Lipinski definition) is 3. The lowest BCUT2D eigenvalue weighted by atomic mass is 10.2. The first-order chi connectivity index (χ1) is 8.83. The Labute approximate surface area is 111 Å². The summed E-state index contributed by atoms with van der Waals surface area (Å²) in [7, 11) is 0. The Kier molecular flexibility index (Phi) is 4.88. The number of hydrogen-bond donors (Lipinski definition) is 1. The highest BCUT2D eigenvalue weighted by molar-refractivity contribution is 5.55. The van der Waals surface area contributed by atoms with Gasteiger partial charge in [0.05, 0.1) is 0 Å². The predicted molar refractivity (Wildman–Crippen MR) is 79.5 cm³/mol.